The van der Waals surface area contributed by atoms with E-state index in [1.807, 2.05) is 31.3 Å². The number of amides is 2. The Labute approximate surface area is 182 Å². The number of rotatable bonds is 4. The highest BCUT2D eigenvalue weighted by Crippen LogP contribution is 2.38. The third kappa shape index (κ3) is 4.42. The number of aromatic nitrogens is 1. The number of urea groups is 1. The average molecular weight is 439 g/mol. The molecular formula is C23H20F3N5O. The van der Waals surface area contributed by atoms with Gasteiger partial charge >= 0.3 is 12.2 Å². The number of nitrogens with one attached hydrogen (secondary N) is 4. The smallest absolute Gasteiger partial charge is 0.327 e. The van der Waals surface area contributed by atoms with Crippen LogP contribution in [-0.2, 0) is 11.7 Å². The zero-order chi connectivity index (χ0) is 22.8. The van der Waals surface area contributed by atoms with Crippen LogP contribution >= 0.6 is 0 Å². The molecule has 32 heavy (non-hydrogen) atoms. The second kappa shape index (κ2) is 8.35. The summed E-state index contributed by atoms with van der Waals surface area (Å²) in [6.07, 6.45) is 0.812. The molecule has 3 aromatic rings. The fraction of sp³-hybridized carbons (Fsp3) is 0.130. The molecule has 1 atom stereocenters. The molecule has 1 aliphatic heterocycles. The van der Waals surface area contributed by atoms with Gasteiger partial charge in [-0.25, -0.2) is 10.2 Å². The van der Waals surface area contributed by atoms with Gasteiger partial charge in [0, 0.05) is 35.5 Å². The predicted octanol–water partition coefficient (Wildman–Crippen LogP) is 5.11. The molecule has 1 unspecified atom stereocenters. The first kappa shape index (κ1) is 21.4. The highest BCUT2D eigenvalue weighted by Gasteiger charge is 2.35. The van der Waals surface area contributed by atoms with Crippen LogP contribution in [0.1, 0.15) is 23.6 Å². The van der Waals surface area contributed by atoms with Crippen molar-refractivity contribution in [3.8, 4) is 0 Å². The lowest BCUT2D eigenvalue weighted by Crippen LogP contribution is -2.40. The van der Waals surface area contributed by atoms with Crippen LogP contribution in [0.5, 0.6) is 0 Å². The number of pyridine rings is 1. The van der Waals surface area contributed by atoms with Gasteiger partial charge in [-0.2, -0.15) is 13.2 Å². The lowest BCUT2D eigenvalue weighted by Gasteiger charge is -2.29. The molecule has 2 heterocycles. The molecule has 0 bridgehead atoms. The molecule has 164 valence electrons. The molecule has 2 aromatic carbocycles. The number of benzene rings is 2. The van der Waals surface area contributed by atoms with Crippen LogP contribution in [0.15, 0.2) is 79.3 Å². The number of hydrogen-bond donors (Lipinski definition) is 4. The molecule has 0 saturated heterocycles. The number of carbonyl (C=O) groups excluding carboxylic acids is 1. The molecule has 6 nitrogen and oxygen atoms in total. The number of anilines is 2. The van der Waals surface area contributed by atoms with Gasteiger partial charge < -0.3 is 16.1 Å². The van der Waals surface area contributed by atoms with E-state index in [0.29, 0.717) is 5.69 Å². The lowest BCUT2D eigenvalue weighted by molar-refractivity contribution is -0.137. The molecule has 2 amide bonds. The fourth-order valence-electron chi connectivity index (χ4n) is 3.57. The van der Waals surface area contributed by atoms with Gasteiger partial charge in [0.2, 0.25) is 0 Å². The average Bonchev–Trinajstić information content (AvgIpc) is 3.17. The van der Waals surface area contributed by atoms with Crippen LogP contribution in [0, 0.1) is 0 Å². The first-order chi connectivity index (χ1) is 15.3. The first-order valence-corrected chi connectivity index (χ1v) is 9.75. The van der Waals surface area contributed by atoms with Gasteiger partial charge in [0.25, 0.3) is 0 Å². The predicted molar refractivity (Wildman–Crippen MR) is 116 cm³/mol. The highest BCUT2D eigenvalue weighted by molar-refractivity contribution is 5.99. The van der Waals surface area contributed by atoms with E-state index < -0.39 is 23.3 Å². The largest absolute Gasteiger partial charge is 0.416 e. The zero-order valence-corrected chi connectivity index (χ0v) is 17.0. The quantitative estimate of drug-likeness (QED) is 0.456. The summed E-state index contributed by atoms with van der Waals surface area (Å²) in [5.41, 5.74) is 8.26. The van der Waals surface area contributed by atoms with Crippen molar-refractivity contribution in [1.82, 2.24) is 15.8 Å². The minimum atomic E-state index is -4.49. The Morgan fingerprint density at radius 1 is 0.969 bits per heavy atom. The van der Waals surface area contributed by atoms with Crippen LogP contribution in [-0.4, -0.2) is 11.0 Å². The molecule has 4 N–H and O–H groups in total. The number of halogens is 3. The topological polar surface area (TPSA) is 78.1 Å². The number of hydrogen-bond acceptors (Lipinski definition) is 4. The molecule has 1 aromatic heterocycles. The number of alkyl halides is 3. The minimum Gasteiger partial charge on any atom is -0.327 e. The summed E-state index contributed by atoms with van der Waals surface area (Å²) in [5, 5.41) is 5.12. The molecule has 0 spiro atoms. The van der Waals surface area contributed by atoms with Crippen LogP contribution in [0.2, 0.25) is 0 Å². The number of carbonyl (C=O) groups is 1. The van der Waals surface area contributed by atoms with Gasteiger partial charge in [-0.05, 0) is 60.5 Å². The molecule has 9 heteroatoms. The molecule has 0 saturated carbocycles. The zero-order valence-electron chi connectivity index (χ0n) is 17.0. The SMILES string of the molecule is CC1(c2cccc(NC(=O)Nc3cccc(C(F)(F)F)c3)c2)NNC=C1c1ccncc1. The molecule has 4 rings (SSSR count). The van der Waals surface area contributed by atoms with Crippen LogP contribution in [0.25, 0.3) is 5.57 Å². The van der Waals surface area contributed by atoms with Crippen LogP contribution in [0.4, 0.5) is 29.3 Å². The van der Waals surface area contributed by atoms with E-state index in [0.717, 1.165) is 28.8 Å². The highest BCUT2D eigenvalue weighted by atomic mass is 19.4. The number of hydrazine groups is 1. The fourth-order valence-corrected chi connectivity index (χ4v) is 3.57. The lowest BCUT2D eigenvalue weighted by atomic mass is 9.82. The van der Waals surface area contributed by atoms with Gasteiger partial charge in [0.05, 0.1) is 11.1 Å². The Hall–Kier alpha value is -3.85. The van der Waals surface area contributed by atoms with Crippen molar-refractivity contribution in [3.05, 3.63) is 95.9 Å². The maximum absolute atomic E-state index is 12.9. The van der Waals surface area contributed by atoms with E-state index >= 15 is 0 Å². The summed E-state index contributed by atoms with van der Waals surface area (Å²) in [4.78, 5) is 16.4. The van der Waals surface area contributed by atoms with Gasteiger partial charge in [-0.15, -0.1) is 0 Å². The van der Waals surface area contributed by atoms with E-state index in [1.54, 1.807) is 30.6 Å². The van der Waals surface area contributed by atoms with Crippen molar-refractivity contribution < 1.29 is 18.0 Å². The Morgan fingerprint density at radius 3 is 2.31 bits per heavy atom. The summed E-state index contributed by atoms with van der Waals surface area (Å²) in [6.45, 7) is 2.00. The second-order valence-corrected chi connectivity index (χ2v) is 7.43. The first-order valence-electron chi connectivity index (χ1n) is 9.75. The normalized spacial score (nSPS) is 17.9. The molecule has 0 fully saturated rings. The third-order valence-corrected chi connectivity index (χ3v) is 5.21. The van der Waals surface area contributed by atoms with Crippen molar-refractivity contribution in [1.29, 1.82) is 0 Å². The van der Waals surface area contributed by atoms with E-state index in [2.05, 4.69) is 26.5 Å². The minimum absolute atomic E-state index is 0.0463. The monoisotopic (exact) mass is 439 g/mol. The second-order valence-electron chi connectivity index (χ2n) is 7.43. The summed E-state index contributed by atoms with van der Waals surface area (Å²) >= 11 is 0. The van der Waals surface area contributed by atoms with E-state index in [4.69, 9.17) is 0 Å². The molecular weight excluding hydrogens is 419 g/mol. The Morgan fingerprint density at radius 2 is 1.62 bits per heavy atom. The maximum Gasteiger partial charge on any atom is 0.416 e. The van der Waals surface area contributed by atoms with E-state index in [9.17, 15) is 18.0 Å². The van der Waals surface area contributed by atoms with Crippen molar-refractivity contribution >= 4 is 23.0 Å². The summed E-state index contributed by atoms with van der Waals surface area (Å²) in [7, 11) is 0. The van der Waals surface area contributed by atoms with Crippen LogP contribution in [0.3, 0.4) is 0 Å². The van der Waals surface area contributed by atoms with Crippen LogP contribution < -0.4 is 21.5 Å². The molecule has 0 aliphatic carbocycles. The molecule has 0 radical (unpaired) electrons. The summed E-state index contributed by atoms with van der Waals surface area (Å²) in [5.74, 6) is 0. The van der Waals surface area contributed by atoms with Gasteiger partial charge in [0.1, 0.15) is 0 Å². The summed E-state index contributed by atoms with van der Waals surface area (Å²) < 4.78 is 38.7. The standard InChI is InChI=1S/C23H20F3N5O/c1-22(20(14-28-31-22)15-8-10-27-11-9-15)16-4-2-6-18(12-16)29-21(32)30-19-7-3-5-17(13-19)23(24,25)26/h2-14,28,31H,1H3,(H2,29,30,32). The van der Waals surface area contributed by atoms with Gasteiger partial charge in [0.15, 0.2) is 0 Å². The van der Waals surface area contributed by atoms with Gasteiger partial charge in [-0.1, -0.05) is 18.2 Å². The van der Waals surface area contributed by atoms with Crippen molar-refractivity contribution in [2.24, 2.45) is 0 Å². The van der Waals surface area contributed by atoms with Crippen molar-refractivity contribution in [2.75, 3.05) is 10.6 Å². The summed E-state index contributed by atoms with van der Waals surface area (Å²) in [6, 6.07) is 14.9. The number of nitrogens with zero attached hydrogens (tertiary/aromatic N) is 1. The van der Waals surface area contributed by atoms with Gasteiger partial charge in [-0.3, -0.25) is 4.98 Å². The van der Waals surface area contributed by atoms with Crippen molar-refractivity contribution in [2.45, 2.75) is 18.6 Å². The van der Waals surface area contributed by atoms with Crippen molar-refractivity contribution in [3.63, 3.8) is 0 Å². The Kier molecular flexibility index (Phi) is 5.58. The van der Waals surface area contributed by atoms with E-state index in [1.165, 1.54) is 12.1 Å². The Bertz CT molecular complexity index is 1160. The molecule has 1 aliphatic rings. The third-order valence-electron chi connectivity index (χ3n) is 5.21. The maximum atomic E-state index is 12.9. The Balaban J connectivity index is 1.51. The van der Waals surface area contributed by atoms with E-state index in [-0.39, 0.29) is 5.69 Å².